The Bertz CT molecular complexity index is 789. The van der Waals surface area contributed by atoms with E-state index in [1.807, 2.05) is 0 Å². The highest BCUT2D eigenvalue weighted by Gasteiger charge is 2.13. The number of aromatic nitrogens is 3. The number of carbonyl (C=O) groups is 1. The molecule has 1 aromatic carbocycles. The van der Waals surface area contributed by atoms with Crippen LogP contribution >= 0.6 is 0 Å². The summed E-state index contributed by atoms with van der Waals surface area (Å²) in [5, 5.41) is 3.72. The van der Waals surface area contributed by atoms with Crippen molar-refractivity contribution in [3.05, 3.63) is 66.1 Å². The third-order valence-corrected chi connectivity index (χ3v) is 2.75. The Morgan fingerprint density at radius 3 is 2.91 bits per heavy atom. The number of nitrogens with zero attached hydrogens (tertiary/aromatic N) is 3. The van der Waals surface area contributed by atoms with E-state index < -0.39 is 11.8 Å². The molecule has 0 saturated carbocycles. The van der Waals surface area contributed by atoms with Gasteiger partial charge in [-0.25, -0.2) is 14.2 Å². The lowest BCUT2D eigenvalue weighted by molar-refractivity contribution is 0.0423. The lowest BCUT2D eigenvalue weighted by Crippen LogP contribution is -2.07. The molecule has 0 fully saturated rings. The van der Waals surface area contributed by atoms with E-state index >= 15 is 0 Å². The zero-order chi connectivity index (χ0) is 15.4. The van der Waals surface area contributed by atoms with Crippen molar-refractivity contribution in [3.8, 4) is 11.4 Å². The number of hydrogen-bond acceptors (Lipinski definition) is 6. The first-order valence-corrected chi connectivity index (χ1v) is 6.39. The molecule has 0 aliphatic rings. The molecule has 6 nitrogen and oxygen atoms in total. The van der Waals surface area contributed by atoms with Crippen molar-refractivity contribution in [1.29, 1.82) is 0 Å². The minimum absolute atomic E-state index is 0.114. The van der Waals surface area contributed by atoms with Gasteiger partial charge in [-0.3, -0.25) is 0 Å². The molecule has 0 aliphatic heterocycles. The summed E-state index contributed by atoms with van der Waals surface area (Å²) >= 11 is 0. The Hall–Kier alpha value is -3.09. The second-order valence-corrected chi connectivity index (χ2v) is 4.31. The summed E-state index contributed by atoms with van der Waals surface area (Å²) in [5.41, 5.74) is 0.665. The Morgan fingerprint density at radius 1 is 1.23 bits per heavy atom. The molecular formula is C15H10FN3O3. The van der Waals surface area contributed by atoms with E-state index in [1.165, 1.54) is 24.4 Å². The summed E-state index contributed by atoms with van der Waals surface area (Å²) in [6.45, 7) is -0.183. The van der Waals surface area contributed by atoms with Crippen LogP contribution in [-0.2, 0) is 11.3 Å². The fourth-order valence-corrected chi connectivity index (χ4v) is 1.74. The maximum atomic E-state index is 13.1. The topological polar surface area (TPSA) is 78.1 Å². The number of pyridine rings is 1. The molecule has 2 aromatic heterocycles. The zero-order valence-electron chi connectivity index (χ0n) is 11.3. The highest BCUT2D eigenvalue weighted by atomic mass is 19.1. The van der Waals surface area contributed by atoms with Crippen LogP contribution in [0.1, 0.15) is 16.4 Å². The first-order valence-electron chi connectivity index (χ1n) is 6.39. The number of esters is 1. The van der Waals surface area contributed by atoms with E-state index in [0.29, 0.717) is 5.56 Å². The summed E-state index contributed by atoms with van der Waals surface area (Å²) in [7, 11) is 0. The van der Waals surface area contributed by atoms with Crippen molar-refractivity contribution in [2.24, 2.45) is 0 Å². The minimum atomic E-state index is -0.592. The van der Waals surface area contributed by atoms with Crippen LogP contribution in [0.3, 0.4) is 0 Å². The van der Waals surface area contributed by atoms with E-state index in [1.54, 1.807) is 24.3 Å². The molecular weight excluding hydrogens is 289 g/mol. The summed E-state index contributed by atoms with van der Waals surface area (Å²) < 4.78 is 23.1. The van der Waals surface area contributed by atoms with E-state index in [0.717, 1.165) is 0 Å². The second kappa shape index (κ2) is 6.13. The zero-order valence-corrected chi connectivity index (χ0v) is 11.3. The largest absolute Gasteiger partial charge is 0.451 e. The first kappa shape index (κ1) is 13.9. The number of halogens is 1. The van der Waals surface area contributed by atoms with Gasteiger partial charge in [-0.1, -0.05) is 23.4 Å². The van der Waals surface area contributed by atoms with Crippen molar-refractivity contribution in [2.75, 3.05) is 0 Å². The Morgan fingerprint density at radius 2 is 2.14 bits per heavy atom. The van der Waals surface area contributed by atoms with Crippen molar-refractivity contribution >= 4 is 5.97 Å². The van der Waals surface area contributed by atoms with E-state index in [4.69, 9.17) is 9.26 Å². The van der Waals surface area contributed by atoms with Gasteiger partial charge in [0.2, 0.25) is 5.82 Å². The van der Waals surface area contributed by atoms with Crippen LogP contribution in [0.4, 0.5) is 4.39 Å². The molecule has 0 spiro atoms. The fourth-order valence-electron chi connectivity index (χ4n) is 1.74. The normalized spacial score (nSPS) is 10.4. The van der Waals surface area contributed by atoms with Crippen LogP contribution in [-0.4, -0.2) is 21.1 Å². The van der Waals surface area contributed by atoms with Crippen molar-refractivity contribution in [3.63, 3.8) is 0 Å². The number of rotatable bonds is 4. The molecule has 110 valence electrons. The number of benzene rings is 1. The van der Waals surface area contributed by atoms with Crippen LogP contribution in [0.2, 0.25) is 0 Å². The fraction of sp³-hybridized carbons (Fsp3) is 0.0667. The summed E-state index contributed by atoms with van der Waals surface area (Å²) in [4.78, 5) is 19.6. The number of hydrogen-bond donors (Lipinski definition) is 0. The van der Waals surface area contributed by atoms with Crippen molar-refractivity contribution < 1.29 is 18.4 Å². The van der Waals surface area contributed by atoms with Gasteiger partial charge in [0, 0.05) is 11.8 Å². The molecule has 3 rings (SSSR count). The summed E-state index contributed by atoms with van der Waals surface area (Å²) in [6.07, 6.45) is 1.49. The molecule has 0 atom stereocenters. The predicted molar refractivity (Wildman–Crippen MR) is 73.0 cm³/mol. The minimum Gasteiger partial charge on any atom is -0.451 e. The maximum absolute atomic E-state index is 13.1. The van der Waals surface area contributed by atoms with Gasteiger partial charge in [-0.05, 0) is 24.3 Å². The number of carbonyl (C=O) groups excluding carboxylic acids is 1. The lowest BCUT2D eigenvalue weighted by Gasteiger charge is -1.99. The quantitative estimate of drug-likeness (QED) is 0.689. The van der Waals surface area contributed by atoms with E-state index in [9.17, 15) is 9.18 Å². The third-order valence-electron chi connectivity index (χ3n) is 2.75. The monoisotopic (exact) mass is 299 g/mol. The van der Waals surface area contributed by atoms with Gasteiger partial charge in [-0.15, -0.1) is 0 Å². The maximum Gasteiger partial charge on any atom is 0.357 e. The molecule has 0 radical (unpaired) electrons. The summed E-state index contributed by atoms with van der Waals surface area (Å²) in [5.74, 6) is -0.650. The van der Waals surface area contributed by atoms with Gasteiger partial charge in [0.1, 0.15) is 11.5 Å². The smallest absolute Gasteiger partial charge is 0.357 e. The van der Waals surface area contributed by atoms with Gasteiger partial charge in [-0.2, -0.15) is 4.98 Å². The van der Waals surface area contributed by atoms with Crippen LogP contribution in [0.5, 0.6) is 0 Å². The molecule has 0 saturated heterocycles. The highest BCUT2D eigenvalue weighted by Crippen LogP contribution is 2.17. The predicted octanol–water partition coefficient (Wildman–Crippen LogP) is 2.63. The number of ether oxygens (including phenoxy) is 1. The highest BCUT2D eigenvalue weighted by molar-refractivity contribution is 5.86. The van der Waals surface area contributed by atoms with Crippen molar-refractivity contribution in [2.45, 2.75) is 6.61 Å². The molecule has 0 aliphatic carbocycles. The average molecular weight is 299 g/mol. The first-order chi connectivity index (χ1) is 10.7. The van der Waals surface area contributed by atoms with Gasteiger partial charge in [0.15, 0.2) is 6.61 Å². The average Bonchev–Trinajstić information content (AvgIpc) is 3.02. The summed E-state index contributed by atoms with van der Waals surface area (Å²) in [6, 6.07) is 10.7. The molecule has 0 amide bonds. The molecule has 22 heavy (non-hydrogen) atoms. The van der Waals surface area contributed by atoms with E-state index in [-0.39, 0.29) is 24.0 Å². The van der Waals surface area contributed by atoms with Gasteiger partial charge in [0.05, 0.1) is 0 Å². The van der Waals surface area contributed by atoms with Crippen LogP contribution < -0.4 is 0 Å². The molecule has 0 unspecified atom stereocenters. The van der Waals surface area contributed by atoms with Crippen LogP contribution in [0.25, 0.3) is 11.4 Å². The van der Waals surface area contributed by atoms with Gasteiger partial charge >= 0.3 is 5.97 Å². The van der Waals surface area contributed by atoms with Gasteiger partial charge in [0.25, 0.3) is 5.89 Å². The van der Waals surface area contributed by atoms with Crippen molar-refractivity contribution in [1.82, 2.24) is 15.1 Å². The molecule has 0 bridgehead atoms. The second-order valence-electron chi connectivity index (χ2n) is 4.31. The molecule has 2 heterocycles. The van der Waals surface area contributed by atoms with E-state index in [2.05, 4.69) is 15.1 Å². The Labute approximate surface area is 124 Å². The third kappa shape index (κ3) is 3.14. The standard InChI is InChI=1S/C15H10FN3O3/c16-11-5-3-4-10(8-11)14-18-13(22-19-14)9-21-15(20)12-6-1-2-7-17-12/h1-8H,9H2. The lowest BCUT2D eigenvalue weighted by atomic mass is 10.2. The molecule has 3 aromatic rings. The SMILES string of the molecule is O=C(OCc1nc(-c2cccc(F)c2)no1)c1ccccn1. The Kier molecular flexibility index (Phi) is 3.86. The van der Waals surface area contributed by atoms with Gasteiger partial charge < -0.3 is 9.26 Å². The molecule has 0 N–H and O–H groups in total. The molecule has 7 heteroatoms. The van der Waals surface area contributed by atoms with Crippen LogP contribution in [0, 0.1) is 5.82 Å². The Balaban J connectivity index is 1.66. The van der Waals surface area contributed by atoms with Crippen LogP contribution in [0.15, 0.2) is 53.2 Å².